The molecule has 1 aliphatic rings. The highest BCUT2D eigenvalue weighted by Gasteiger charge is 2.38. The molecule has 3 aromatic heterocycles. The van der Waals surface area contributed by atoms with Gasteiger partial charge in [-0.3, -0.25) is 14.3 Å². The van der Waals surface area contributed by atoms with Crippen molar-refractivity contribution in [2.75, 3.05) is 17.2 Å². The molecule has 0 saturated carbocycles. The lowest BCUT2D eigenvalue weighted by molar-refractivity contribution is -0.192. The number of rotatable bonds is 5. The molecule has 41 heavy (non-hydrogen) atoms. The zero-order chi connectivity index (χ0) is 30.7. The predicted molar refractivity (Wildman–Crippen MR) is 134 cm³/mol. The van der Waals surface area contributed by atoms with Gasteiger partial charge in [-0.15, -0.1) is 0 Å². The van der Waals surface area contributed by atoms with Crippen molar-refractivity contribution in [1.29, 1.82) is 0 Å². The van der Waals surface area contributed by atoms with Crippen LogP contribution in [0.5, 0.6) is 0 Å². The fourth-order valence-corrected chi connectivity index (χ4v) is 3.65. The average Bonchev–Trinajstić information content (AvgIpc) is 3.26. The van der Waals surface area contributed by atoms with Crippen LogP contribution in [0.3, 0.4) is 0 Å². The summed E-state index contributed by atoms with van der Waals surface area (Å²) in [6, 6.07) is 4.98. The number of anilines is 3. The van der Waals surface area contributed by atoms with Gasteiger partial charge in [0.15, 0.2) is 0 Å². The summed E-state index contributed by atoms with van der Waals surface area (Å²) < 4.78 is 61.3. The lowest BCUT2D eigenvalue weighted by Crippen LogP contribution is -2.36. The molecule has 0 unspecified atom stereocenters. The molecule has 0 bridgehead atoms. The van der Waals surface area contributed by atoms with E-state index >= 15 is 0 Å². The van der Waals surface area contributed by atoms with Crippen LogP contribution >= 0.6 is 0 Å². The van der Waals surface area contributed by atoms with Crippen LogP contribution in [-0.2, 0) is 33.4 Å². The van der Waals surface area contributed by atoms with Gasteiger partial charge in [0.2, 0.25) is 17.6 Å². The topological polar surface area (TPSA) is 155 Å². The van der Waals surface area contributed by atoms with Crippen molar-refractivity contribution in [2.45, 2.75) is 52.9 Å². The highest BCUT2D eigenvalue weighted by molar-refractivity contribution is 5.89. The molecule has 1 aliphatic heterocycles. The number of hydrogen-bond acceptors (Lipinski definition) is 8. The molecule has 220 valence electrons. The minimum atomic E-state index is -5.08. The number of amides is 2. The summed E-state index contributed by atoms with van der Waals surface area (Å²) in [5, 5.41) is 17.4. The quantitative estimate of drug-likeness (QED) is 0.379. The lowest BCUT2D eigenvalue weighted by atomic mass is 10.1. The number of halogens is 5. The number of nitrogens with zero attached hydrogens (tertiary/aromatic N) is 6. The molecule has 0 aromatic carbocycles. The number of aromatic nitrogens is 5. The predicted octanol–water partition coefficient (Wildman–Crippen LogP) is 3.85. The number of fused-ring (bicyclic) bond motifs is 1. The van der Waals surface area contributed by atoms with E-state index in [1.165, 1.54) is 20.0 Å². The number of carboxylic acid groups (broad SMARTS) is 1. The number of carbonyl (C=O) groups excluding carboxylic acids is 2. The number of hydrogen-bond donors (Lipinski definition) is 3. The Balaban J connectivity index is 0.000000587. The van der Waals surface area contributed by atoms with Crippen LogP contribution in [-0.4, -0.2) is 65.2 Å². The number of nitrogens with one attached hydrogen (secondary N) is 2. The summed E-state index contributed by atoms with van der Waals surface area (Å²) in [5.41, 5.74) is 2.84. The van der Waals surface area contributed by atoms with Crippen LogP contribution in [0.2, 0.25) is 0 Å². The van der Waals surface area contributed by atoms with Crippen molar-refractivity contribution in [3.8, 4) is 11.3 Å². The third-order valence-electron chi connectivity index (χ3n) is 5.48. The molecular weight excluding hydrogens is 559 g/mol. The molecule has 0 spiro atoms. The average molecular weight is 585 g/mol. The molecule has 17 heteroatoms. The van der Waals surface area contributed by atoms with E-state index in [1.54, 1.807) is 24.0 Å². The second-order valence-electron chi connectivity index (χ2n) is 9.02. The summed E-state index contributed by atoms with van der Waals surface area (Å²) in [6.07, 6.45) is -3.55. The molecule has 4 rings (SSSR count). The standard InChI is InChI=1S/C22H24F2N8O2.C2HF3O2/c1-12-7-20(29-21(26-12)22(4,23)24)28-17-9-19(27-13(2)33)25-10-16(17)18-8-15-11-31(14(3)34)5-6-32(15)30-18;3-2(4,5)1(6)7/h7-10H,5-6,11H2,1-4H3,(H2,25,26,27,28,29,33);(H,6,7). The zero-order valence-corrected chi connectivity index (χ0v) is 22.2. The van der Waals surface area contributed by atoms with Gasteiger partial charge in [-0.25, -0.2) is 19.7 Å². The number of carbonyl (C=O) groups is 3. The normalized spacial score (nSPS) is 13.0. The Labute approximate surface area is 229 Å². The van der Waals surface area contributed by atoms with Gasteiger partial charge in [0, 0.05) is 56.9 Å². The fourth-order valence-electron chi connectivity index (χ4n) is 3.65. The minimum absolute atomic E-state index is 0.0136. The first kappa shape index (κ1) is 30.8. The third-order valence-corrected chi connectivity index (χ3v) is 5.48. The monoisotopic (exact) mass is 584 g/mol. The van der Waals surface area contributed by atoms with Crippen LogP contribution in [0.4, 0.5) is 39.3 Å². The van der Waals surface area contributed by atoms with Gasteiger partial charge in [-0.2, -0.15) is 27.1 Å². The van der Waals surface area contributed by atoms with Crippen LogP contribution in [0, 0.1) is 6.92 Å². The molecule has 0 atom stereocenters. The Hall–Kier alpha value is -4.70. The lowest BCUT2D eigenvalue weighted by Gasteiger charge is -2.26. The maximum atomic E-state index is 13.9. The Morgan fingerprint density at radius 2 is 1.66 bits per heavy atom. The van der Waals surface area contributed by atoms with Crippen molar-refractivity contribution >= 4 is 35.1 Å². The maximum Gasteiger partial charge on any atom is 0.490 e. The molecule has 12 nitrogen and oxygen atoms in total. The first-order chi connectivity index (χ1) is 18.9. The van der Waals surface area contributed by atoms with Gasteiger partial charge < -0.3 is 20.6 Å². The summed E-state index contributed by atoms with van der Waals surface area (Å²) in [5.74, 6) is -6.45. The van der Waals surface area contributed by atoms with Gasteiger partial charge >= 0.3 is 18.1 Å². The van der Waals surface area contributed by atoms with E-state index in [0.717, 1.165) is 12.6 Å². The smallest absolute Gasteiger partial charge is 0.475 e. The van der Waals surface area contributed by atoms with Crippen LogP contribution in [0.25, 0.3) is 11.3 Å². The maximum absolute atomic E-state index is 13.9. The Morgan fingerprint density at radius 1 is 1.00 bits per heavy atom. The van der Waals surface area contributed by atoms with Gasteiger partial charge in [0.25, 0.3) is 0 Å². The highest BCUT2D eigenvalue weighted by Crippen LogP contribution is 2.33. The van der Waals surface area contributed by atoms with Crippen LogP contribution in [0.1, 0.15) is 38.0 Å². The Kier molecular flexibility index (Phi) is 8.88. The first-order valence-corrected chi connectivity index (χ1v) is 11.9. The van der Waals surface area contributed by atoms with Crippen molar-refractivity contribution in [3.63, 3.8) is 0 Å². The van der Waals surface area contributed by atoms with Gasteiger partial charge in [-0.1, -0.05) is 0 Å². The van der Waals surface area contributed by atoms with Crippen molar-refractivity contribution < 1.29 is 41.4 Å². The van der Waals surface area contributed by atoms with E-state index in [-0.39, 0.29) is 23.5 Å². The molecule has 0 aliphatic carbocycles. The molecule has 3 aromatic rings. The summed E-state index contributed by atoms with van der Waals surface area (Å²) in [7, 11) is 0. The second-order valence-corrected chi connectivity index (χ2v) is 9.02. The first-order valence-electron chi connectivity index (χ1n) is 11.9. The van der Waals surface area contributed by atoms with Crippen molar-refractivity contribution in [2.24, 2.45) is 0 Å². The summed E-state index contributed by atoms with van der Waals surface area (Å²) in [4.78, 5) is 46.0. The molecule has 0 fully saturated rings. The van der Waals surface area contributed by atoms with E-state index in [0.29, 0.717) is 42.3 Å². The van der Waals surface area contributed by atoms with Crippen molar-refractivity contribution in [3.05, 3.63) is 41.6 Å². The molecule has 4 heterocycles. The number of alkyl halides is 5. The largest absolute Gasteiger partial charge is 0.490 e. The summed E-state index contributed by atoms with van der Waals surface area (Å²) in [6.45, 7) is 6.76. The number of aliphatic carboxylic acids is 1. The van der Waals surface area contributed by atoms with E-state index < -0.39 is 23.9 Å². The second kappa shape index (κ2) is 11.8. The van der Waals surface area contributed by atoms with Crippen LogP contribution in [0.15, 0.2) is 24.4 Å². The van der Waals surface area contributed by atoms with Crippen molar-refractivity contribution in [1.82, 2.24) is 29.6 Å². The SMILES string of the molecule is CC(=O)Nc1cc(Nc2cc(C)nc(C(C)(F)F)n2)c(-c2cc3n(n2)CCN(C(C)=O)C3)cn1.O=C(O)C(F)(F)F. The molecule has 0 radical (unpaired) electrons. The number of carboxylic acids is 1. The van der Waals surface area contributed by atoms with E-state index in [4.69, 9.17) is 9.90 Å². The molecule has 2 amide bonds. The fraction of sp³-hybridized carbons (Fsp3) is 0.375. The zero-order valence-electron chi connectivity index (χ0n) is 22.2. The van der Waals surface area contributed by atoms with Crippen LogP contribution < -0.4 is 10.6 Å². The minimum Gasteiger partial charge on any atom is -0.475 e. The Bertz CT molecular complexity index is 1470. The summed E-state index contributed by atoms with van der Waals surface area (Å²) >= 11 is 0. The van der Waals surface area contributed by atoms with E-state index in [1.807, 2.05) is 10.7 Å². The molecule has 0 saturated heterocycles. The van der Waals surface area contributed by atoms with Gasteiger partial charge in [0.05, 0.1) is 30.2 Å². The van der Waals surface area contributed by atoms with E-state index in [2.05, 4.69) is 30.7 Å². The number of pyridine rings is 1. The molecule has 3 N–H and O–H groups in total. The van der Waals surface area contributed by atoms with E-state index in [9.17, 15) is 31.5 Å². The molecular formula is C24H25F5N8O4. The van der Waals surface area contributed by atoms with Gasteiger partial charge in [-0.05, 0) is 13.0 Å². The van der Waals surface area contributed by atoms with Gasteiger partial charge in [0.1, 0.15) is 11.6 Å². The highest BCUT2D eigenvalue weighted by atomic mass is 19.4. The third kappa shape index (κ3) is 8.15. The number of aryl methyl sites for hydroxylation is 1. The Morgan fingerprint density at radius 3 is 2.22 bits per heavy atom.